The molecule has 2 atom stereocenters. The molecule has 2 heterocycles. The van der Waals surface area contributed by atoms with Gasteiger partial charge in [-0.15, -0.1) is 11.8 Å². The lowest BCUT2D eigenvalue weighted by molar-refractivity contribution is -0.120. The standard InChI is InChI=1S/C18H13FN2OS2/c19-12-8-6-11(7-9-12)14-10-24-16-15(14)17(22)21(18(23)20-16)13-4-2-1-3-5-13/h1-10,15-16H,(H,20,23). The topological polar surface area (TPSA) is 32.3 Å². The van der Waals surface area contributed by atoms with Crippen molar-refractivity contribution in [3.05, 3.63) is 71.4 Å². The zero-order valence-corrected chi connectivity index (χ0v) is 14.1. The van der Waals surface area contributed by atoms with Crippen molar-refractivity contribution < 1.29 is 9.18 Å². The largest absolute Gasteiger partial charge is 0.349 e. The van der Waals surface area contributed by atoms with Crippen LogP contribution in [0.25, 0.3) is 5.57 Å². The smallest absolute Gasteiger partial charge is 0.243 e. The maximum Gasteiger partial charge on any atom is 0.243 e. The highest BCUT2D eigenvalue weighted by molar-refractivity contribution is 8.03. The molecule has 0 bridgehead atoms. The average Bonchev–Trinajstić information content (AvgIpc) is 3.00. The molecule has 3 nitrogen and oxygen atoms in total. The number of hydrogen-bond donors (Lipinski definition) is 1. The third-order valence-corrected chi connectivity index (χ3v) is 5.50. The predicted octanol–water partition coefficient (Wildman–Crippen LogP) is 3.78. The van der Waals surface area contributed by atoms with Crippen LogP contribution in [-0.2, 0) is 4.79 Å². The Kier molecular flexibility index (Phi) is 3.86. The Morgan fingerprint density at radius 1 is 1.08 bits per heavy atom. The van der Waals surface area contributed by atoms with Gasteiger partial charge in [0.2, 0.25) is 5.91 Å². The number of para-hydroxylation sites is 1. The predicted molar refractivity (Wildman–Crippen MR) is 98.9 cm³/mol. The Balaban J connectivity index is 1.70. The number of halogens is 1. The number of fused-ring (bicyclic) bond motifs is 1. The normalized spacial score (nSPS) is 22.9. The number of rotatable bonds is 2. The van der Waals surface area contributed by atoms with Gasteiger partial charge in [0, 0.05) is 0 Å². The van der Waals surface area contributed by atoms with Crippen LogP contribution in [0.15, 0.2) is 60.0 Å². The Morgan fingerprint density at radius 2 is 1.79 bits per heavy atom. The summed E-state index contributed by atoms with van der Waals surface area (Å²) in [6, 6.07) is 15.6. The summed E-state index contributed by atoms with van der Waals surface area (Å²) in [6.07, 6.45) is 0. The van der Waals surface area contributed by atoms with E-state index in [1.165, 1.54) is 23.9 Å². The molecule has 2 aromatic carbocycles. The molecule has 0 saturated carbocycles. The summed E-state index contributed by atoms with van der Waals surface area (Å²) in [5, 5.41) is 5.50. The molecule has 1 fully saturated rings. The van der Waals surface area contributed by atoms with Gasteiger partial charge in [-0.25, -0.2) is 4.39 Å². The summed E-state index contributed by atoms with van der Waals surface area (Å²) in [5.41, 5.74) is 2.49. The fraction of sp³-hybridized carbons (Fsp3) is 0.111. The van der Waals surface area contributed by atoms with Gasteiger partial charge in [-0.05, 0) is 53.0 Å². The second-order valence-corrected chi connectivity index (χ2v) is 6.98. The fourth-order valence-electron chi connectivity index (χ4n) is 2.98. The number of carbonyl (C=O) groups is 1. The monoisotopic (exact) mass is 356 g/mol. The summed E-state index contributed by atoms with van der Waals surface area (Å²) in [6.45, 7) is 0. The van der Waals surface area contributed by atoms with Crippen LogP contribution in [0, 0.1) is 11.7 Å². The summed E-state index contributed by atoms with van der Waals surface area (Å²) < 4.78 is 13.2. The third-order valence-electron chi connectivity index (χ3n) is 4.13. The molecule has 2 aromatic rings. The van der Waals surface area contributed by atoms with Crippen LogP contribution in [0.2, 0.25) is 0 Å². The maximum atomic E-state index is 13.2. The summed E-state index contributed by atoms with van der Waals surface area (Å²) in [4.78, 5) is 14.7. The Bertz CT molecular complexity index is 836. The number of amides is 1. The van der Waals surface area contributed by atoms with E-state index in [4.69, 9.17) is 12.2 Å². The van der Waals surface area contributed by atoms with Crippen molar-refractivity contribution in [1.82, 2.24) is 5.32 Å². The highest BCUT2D eigenvalue weighted by Crippen LogP contribution is 2.43. The van der Waals surface area contributed by atoms with Gasteiger partial charge in [0.1, 0.15) is 5.82 Å². The number of anilines is 1. The van der Waals surface area contributed by atoms with Gasteiger partial charge in [-0.2, -0.15) is 0 Å². The number of nitrogens with one attached hydrogen (secondary N) is 1. The number of thioether (sulfide) groups is 1. The van der Waals surface area contributed by atoms with E-state index in [0.717, 1.165) is 16.8 Å². The highest BCUT2D eigenvalue weighted by atomic mass is 32.2. The van der Waals surface area contributed by atoms with Gasteiger partial charge in [0.15, 0.2) is 5.11 Å². The van der Waals surface area contributed by atoms with Crippen molar-refractivity contribution in [3.8, 4) is 0 Å². The van der Waals surface area contributed by atoms with Crippen LogP contribution in [0.4, 0.5) is 10.1 Å². The zero-order valence-electron chi connectivity index (χ0n) is 12.5. The van der Waals surface area contributed by atoms with Crippen LogP contribution in [0.1, 0.15) is 5.56 Å². The molecule has 24 heavy (non-hydrogen) atoms. The number of benzene rings is 2. The first-order chi connectivity index (χ1) is 11.6. The third kappa shape index (κ3) is 2.52. The van der Waals surface area contributed by atoms with E-state index in [1.54, 1.807) is 17.0 Å². The Morgan fingerprint density at radius 3 is 2.50 bits per heavy atom. The van der Waals surface area contributed by atoms with Gasteiger partial charge < -0.3 is 5.32 Å². The van der Waals surface area contributed by atoms with E-state index < -0.39 is 0 Å². The van der Waals surface area contributed by atoms with Crippen molar-refractivity contribution in [2.45, 2.75) is 5.37 Å². The van der Waals surface area contributed by atoms with Gasteiger partial charge in [0.05, 0.1) is 17.0 Å². The number of nitrogens with zero attached hydrogens (tertiary/aromatic N) is 1. The molecule has 0 radical (unpaired) electrons. The molecule has 0 spiro atoms. The van der Waals surface area contributed by atoms with Gasteiger partial charge in [0.25, 0.3) is 0 Å². The molecule has 120 valence electrons. The van der Waals surface area contributed by atoms with Crippen LogP contribution >= 0.6 is 24.0 Å². The van der Waals surface area contributed by atoms with E-state index in [2.05, 4.69) is 5.32 Å². The van der Waals surface area contributed by atoms with Crippen molar-refractivity contribution in [1.29, 1.82) is 0 Å². The molecule has 2 aliphatic rings. The van der Waals surface area contributed by atoms with E-state index in [9.17, 15) is 9.18 Å². The second-order valence-electron chi connectivity index (χ2n) is 5.57. The van der Waals surface area contributed by atoms with Gasteiger partial charge >= 0.3 is 0 Å². The minimum Gasteiger partial charge on any atom is -0.349 e. The Hall–Kier alpha value is -2.18. The van der Waals surface area contributed by atoms with Gasteiger partial charge in [-0.3, -0.25) is 9.69 Å². The van der Waals surface area contributed by atoms with Crippen molar-refractivity contribution in [2.75, 3.05) is 4.90 Å². The molecule has 2 aliphatic heterocycles. The summed E-state index contributed by atoms with van der Waals surface area (Å²) in [5.74, 6) is -0.704. The molecule has 1 N–H and O–H groups in total. The van der Waals surface area contributed by atoms with Gasteiger partial charge in [-0.1, -0.05) is 30.3 Å². The first-order valence-corrected chi connectivity index (χ1v) is 8.81. The molecule has 0 aromatic heterocycles. The van der Waals surface area contributed by atoms with Crippen molar-refractivity contribution in [2.24, 2.45) is 5.92 Å². The van der Waals surface area contributed by atoms with Crippen LogP contribution in [-0.4, -0.2) is 16.4 Å². The quantitative estimate of drug-likeness (QED) is 0.830. The fourth-order valence-corrected chi connectivity index (χ4v) is 4.55. The molecule has 2 unspecified atom stereocenters. The lowest BCUT2D eigenvalue weighted by Crippen LogP contribution is -2.58. The lowest BCUT2D eigenvalue weighted by atomic mass is 9.91. The highest BCUT2D eigenvalue weighted by Gasteiger charge is 2.45. The molecular weight excluding hydrogens is 343 g/mol. The zero-order chi connectivity index (χ0) is 16.7. The van der Waals surface area contributed by atoms with Crippen molar-refractivity contribution >= 4 is 46.3 Å². The van der Waals surface area contributed by atoms with Crippen LogP contribution < -0.4 is 10.2 Å². The number of hydrogen-bond acceptors (Lipinski definition) is 3. The minimum absolute atomic E-state index is 0.0597. The Labute approximate surface area is 148 Å². The molecule has 1 saturated heterocycles. The lowest BCUT2D eigenvalue weighted by Gasteiger charge is -2.36. The summed E-state index contributed by atoms with van der Waals surface area (Å²) >= 11 is 6.93. The molecule has 1 amide bonds. The van der Waals surface area contributed by atoms with E-state index in [-0.39, 0.29) is 23.0 Å². The van der Waals surface area contributed by atoms with Crippen LogP contribution in [0.3, 0.4) is 0 Å². The molecule has 6 heteroatoms. The summed E-state index contributed by atoms with van der Waals surface area (Å²) in [7, 11) is 0. The van der Waals surface area contributed by atoms with Crippen LogP contribution in [0.5, 0.6) is 0 Å². The molecule has 0 aliphatic carbocycles. The number of thiocarbonyl (C=S) groups is 1. The van der Waals surface area contributed by atoms with E-state index in [1.807, 2.05) is 35.7 Å². The SMILES string of the molecule is O=C1C2C(c3ccc(F)cc3)=CSC2NC(=S)N1c1ccccc1. The van der Waals surface area contributed by atoms with E-state index >= 15 is 0 Å². The number of carbonyl (C=O) groups excluding carboxylic acids is 1. The van der Waals surface area contributed by atoms with E-state index in [0.29, 0.717) is 5.11 Å². The molecule has 4 rings (SSSR count). The average molecular weight is 356 g/mol. The minimum atomic E-state index is -0.354. The first-order valence-electron chi connectivity index (χ1n) is 7.46. The molecular formula is C18H13FN2OS2. The second kappa shape index (κ2) is 6.03. The van der Waals surface area contributed by atoms with Crippen molar-refractivity contribution in [3.63, 3.8) is 0 Å². The first kappa shape index (κ1) is 15.4. The maximum absolute atomic E-state index is 13.2.